The van der Waals surface area contributed by atoms with Crippen molar-refractivity contribution < 1.29 is 0 Å². The summed E-state index contributed by atoms with van der Waals surface area (Å²) < 4.78 is 0. The van der Waals surface area contributed by atoms with Gasteiger partial charge in [0, 0.05) is 9.75 Å². The Kier molecular flexibility index (Phi) is 4.53. The normalized spacial score (nSPS) is 12.1. The van der Waals surface area contributed by atoms with Crippen molar-refractivity contribution in [1.82, 2.24) is 0 Å². The number of thiophene rings is 1. The molecule has 0 amide bonds. The highest BCUT2D eigenvalue weighted by molar-refractivity contribution is 8.01. The highest BCUT2D eigenvalue weighted by atomic mass is 32.2. The van der Waals surface area contributed by atoms with Crippen molar-refractivity contribution in [3.63, 3.8) is 0 Å². The molecule has 0 saturated heterocycles. The molecule has 0 atom stereocenters. The molecule has 0 saturated carbocycles. The van der Waals surface area contributed by atoms with Gasteiger partial charge in [0.2, 0.25) is 0 Å². The monoisotopic (exact) mass is 336 g/mol. The first-order chi connectivity index (χ1) is 11.1. The smallest absolute Gasteiger partial charge is 0.108 e. The van der Waals surface area contributed by atoms with E-state index in [1.54, 1.807) is 11.3 Å². The average molecular weight is 336 g/mol. The molecule has 3 aromatic rings. The van der Waals surface area contributed by atoms with Crippen LogP contribution in [0.1, 0.15) is 17.4 Å². The maximum atomic E-state index is 9.12. The molecule has 3 rings (SSSR count). The summed E-state index contributed by atoms with van der Waals surface area (Å²) in [5, 5.41) is 17.2. The van der Waals surface area contributed by atoms with E-state index < -0.39 is 0 Å². The fourth-order valence-electron chi connectivity index (χ4n) is 2.52. The molecule has 2 nitrogen and oxygen atoms in total. The molecule has 1 heterocycles. The first-order valence-corrected chi connectivity index (χ1v) is 8.90. The summed E-state index contributed by atoms with van der Waals surface area (Å²) in [6, 6.07) is 19.3. The number of hydrogen-bond acceptors (Lipinski definition) is 4. The second-order valence-corrected chi connectivity index (χ2v) is 7.14. The van der Waals surface area contributed by atoms with Crippen molar-refractivity contribution in [2.45, 2.75) is 13.8 Å². The van der Waals surface area contributed by atoms with Gasteiger partial charge in [-0.2, -0.15) is 5.26 Å². The number of nitriles is 1. The molecular formula is C19H16N2S2. The fraction of sp³-hybridized carbons (Fsp3) is 0.105. The Morgan fingerprint density at radius 2 is 1.83 bits per heavy atom. The third-order valence-corrected chi connectivity index (χ3v) is 5.70. The van der Waals surface area contributed by atoms with Crippen molar-refractivity contribution in [3.8, 4) is 16.5 Å². The molecule has 2 aromatic carbocycles. The number of rotatable bonds is 3. The van der Waals surface area contributed by atoms with E-state index in [4.69, 9.17) is 10.4 Å². The van der Waals surface area contributed by atoms with Gasteiger partial charge in [-0.25, -0.2) is 0 Å². The van der Waals surface area contributed by atoms with Crippen LogP contribution in [0.3, 0.4) is 0 Å². The van der Waals surface area contributed by atoms with Crippen molar-refractivity contribution in [2.75, 3.05) is 0 Å². The third-order valence-electron chi connectivity index (χ3n) is 3.82. The Morgan fingerprint density at radius 1 is 1.09 bits per heavy atom. The van der Waals surface area contributed by atoms with E-state index >= 15 is 0 Å². The minimum Gasteiger partial charge on any atom is -0.273 e. The van der Waals surface area contributed by atoms with Crippen LogP contribution in [0.25, 0.3) is 26.8 Å². The van der Waals surface area contributed by atoms with Gasteiger partial charge in [0.25, 0.3) is 0 Å². The van der Waals surface area contributed by atoms with Crippen LogP contribution in [-0.2, 0) is 0 Å². The van der Waals surface area contributed by atoms with E-state index in [1.165, 1.54) is 26.8 Å². The van der Waals surface area contributed by atoms with Crippen LogP contribution in [0.15, 0.2) is 53.4 Å². The fourth-order valence-corrected chi connectivity index (χ4v) is 3.94. The maximum absolute atomic E-state index is 9.12. The van der Waals surface area contributed by atoms with E-state index in [0.29, 0.717) is 4.91 Å². The van der Waals surface area contributed by atoms with Gasteiger partial charge in [-0.05, 0) is 65.9 Å². The molecule has 0 radical (unpaired) electrons. The van der Waals surface area contributed by atoms with Gasteiger partial charge in [-0.1, -0.05) is 35.9 Å². The molecule has 0 bridgehead atoms. The number of nitrogens with two attached hydrogens (primary N) is 1. The maximum Gasteiger partial charge on any atom is 0.108 e. The summed E-state index contributed by atoms with van der Waals surface area (Å²) in [7, 11) is 0. The van der Waals surface area contributed by atoms with Crippen molar-refractivity contribution in [3.05, 3.63) is 63.9 Å². The van der Waals surface area contributed by atoms with Crippen LogP contribution < -0.4 is 5.14 Å². The summed E-state index contributed by atoms with van der Waals surface area (Å²) in [6.07, 6.45) is 0. The minimum atomic E-state index is 0.562. The Balaban J connectivity index is 2.02. The second-order valence-electron chi connectivity index (χ2n) is 5.41. The molecule has 0 aliphatic carbocycles. The van der Waals surface area contributed by atoms with Crippen LogP contribution in [0.4, 0.5) is 0 Å². The molecule has 0 aliphatic heterocycles. The SMILES string of the molecule is C/C(=C(/C#N)SN)c1ccc(-c2ccc3cc(C)ccc3c2)s1. The van der Waals surface area contributed by atoms with Crippen molar-refractivity contribution in [1.29, 1.82) is 5.26 Å². The van der Waals surface area contributed by atoms with Crippen LogP contribution in [0.2, 0.25) is 0 Å². The molecule has 114 valence electrons. The molecule has 23 heavy (non-hydrogen) atoms. The lowest BCUT2D eigenvalue weighted by molar-refractivity contribution is 1.51. The van der Waals surface area contributed by atoms with E-state index in [1.807, 2.05) is 6.92 Å². The van der Waals surface area contributed by atoms with E-state index in [9.17, 15) is 0 Å². The number of allylic oxidation sites excluding steroid dienone is 2. The molecule has 0 aliphatic rings. The average Bonchev–Trinajstić information content (AvgIpc) is 3.05. The number of hydrogen-bond donors (Lipinski definition) is 1. The largest absolute Gasteiger partial charge is 0.273 e. The molecule has 2 N–H and O–H groups in total. The molecule has 1 aromatic heterocycles. The first kappa shape index (κ1) is 15.8. The van der Waals surface area contributed by atoms with Crippen LogP contribution in [-0.4, -0.2) is 0 Å². The summed E-state index contributed by atoms with van der Waals surface area (Å²) in [5.41, 5.74) is 3.41. The topological polar surface area (TPSA) is 49.8 Å². The minimum absolute atomic E-state index is 0.562. The van der Waals surface area contributed by atoms with Crippen molar-refractivity contribution >= 4 is 39.6 Å². The molecule has 0 fully saturated rings. The lowest BCUT2D eigenvalue weighted by Gasteiger charge is -2.03. The lowest BCUT2D eigenvalue weighted by atomic mass is 10.0. The number of nitrogens with zero attached hydrogens (tertiary/aromatic N) is 1. The van der Waals surface area contributed by atoms with Gasteiger partial charge in [0.1, 0.15) is 11.0 Å². The molecular weight excluding hydrogens is 320 g/mol. The molecule has 4 heteroatoms. The van der Waals surface area contributed by atoms with Crippen LogP contribution in [0, 0.1) is 18.3 Å². The van der Waals surface area contributed by atoms with Gasteiger partial charge < -0.3 is 0 Å². The van der Waals surface area contributed by atoms with Gasteiger partial charge in [0.05, 0.1) is 0 Å². The second kappa shape index (κ2) is 6.59. The zero-order valence-electron chi connectivity index (χ0n) is 13.0. The Bertz CT molecular complexity index is 945. The highest BCUT2D eigenvalue weighted by Crippen LogP contribution is 2.35. The van der Waals surface area contributed by atoms with Gasteiger partial charge >= 0.3 is 0 Å². The quantitative estimate of drug-likeness (QED) is 0.490. The number of fused-ring (bicyclic) bond motifs is 1. The summed E-state index contributed by atoms with van der Waals surface area (Å²) >= 11 is 2.69. The zero-order valence-corrected chi connectivity index (χ0v) is 14.6. The Hall–Kier alpha value is -2.06. The predicted octanol–water partition coefficient (Wildman–Crippen LogP) is 5.74. The highest BCUT2D eigenvalue weighted by Gasteiger charge is 2.09. The van der Waals surface area contributed by atoms with E-state index in [0.717, 1.165) is 22.4 Å². The van der Waals surface area contributed by atoms with Crippen LogP contribution >= 0.6 is 23.3 Å². The first-order valence-electron chi connectivity index (χ1n) is 7.21. The summed E-state index contributed by atoms with van der Waals surface area (Å²) in [4.78, 5) is 2.84. The van der Waals surface area contributed by atoms with Gasteiger partial charge in [0.15, 0.2) is 0 Å². The third kappa shape index (κ3) is 3.18. The predicted molar refractivity (Wildman–Crippen MR) is 102 cm³/mol. The van der Waals surface area contributed by atoms with Gasteiger partial charge in [-0.3, -0.25) is 5.14 Å². The summed E-state index contributed by atoms with van der Waals surface area (Å²) in [5.74, 6) is 0. The van der Waals surface area contributed by atoms with E-state index in [-0.39, 0.29) is 0 Å². The lowest BCUT2D eigenvalue weighted by Crippen LogP contribution is -1.84. The standard InChI is InChI=1S/C19H16N2S2/c1-12-3-4-15-10-16(6-5-14(15)9-12)18-8-7-17(22-18)13(2)19(11-20)23-21/h3-10H,21H2,1-2H3/b19-13+. The molecule has 0 spiro atoms. The Morgan fingerprint density at radius 3 is 2.57 bits per heavy atom. The number of aryl methyl sites for hydroxylation is 1. The van der Waals surface area contributed by atoms with Crippen LogP contribution in [0.5, 0.6) is 0 Å². The molecule has 0 unspecified atom stereocenters. The summed E-state index contributed by atoms with van der Waals surface area (Å²) in [6.45, 7) is 4.05. The van der Waals surface area contributed by atoms with Crippen molar-refractivity contribution in [2.24, 2.45) is 5.14 Å². The zero-order chi connectivity index (χ0) is 16.4. The Labute approximate surface area is 144 Å². The van der Waals surface area contributed by atoms with Gasteiger partial charge in [-0.15, -0.1) is 11.3 Å². The van der Waals surface area contributed by atoms with E-state index in [2.05, 4.69) is 61.5 Å². The number of benzene rings is 2.